The van der Waals surface area contributed by atoms with Crippen molar-refractivity contribution in [3.8, 4) is 5.88 Å². The fourth-order valence-electron chi connectivity index (χ4n) is 2.74. The number of piperidine rings is 1. The van der Waals surface area contributed by atoms with Gasteiger partial charge in [0, 0.05) is 31.3 Å². The molecular weight excluding hydrogens is 256 g/mol. The molecule has 1 atom stereocenters. The smallest absolute Gasteiger partial charge is 0.303 e. The molecule has 1 unspecified atom stereocenters. The molecule has 1 aliphatic heterocycles. The number of aliphatic carboxylic acids is 1. The minimum absolute atomic E-state index is 0.252. The van der Waals surface area contributed by atoms with Crippen molar-refractivity contribution in [2.24, 2.45) is 0 Å². The first-order valence-corrected chi connectivity index (χ1v) is 7.14. The van der Waals surface area contributed by atoms with Crippen molar-refractivity contribution in [1.29, 1.82) is 0 Å². The van der Waals surface area contributed by atoms with E-state index in [1.807, 2.05) is 18.3 Å². The summed E-state index contributed by atoms with van der Waals surface area (Å²) in [6, 6.07) is 4.27. The van der Waals surface area contributed by atoms with Crippen molar-refractivity contribution in [3.05, 3.63) is 23.9 Å². The van der Waals surface area contributed by atoms with E-state index in [1.54, 1.807) is 7.11 Å². The van der Waals surface area contributed by atoms with Crippen LogP contribution in [0.3, 0.4) is 0 Å². The van der Waals surface area contributed by atoms with E-state index in [1.165, 1.54) is 12.8 Å². The number of likely N-dealkylation sites (tertiary alicyclic amines) is 1. The van der Waals surface area contributed by atoms with Crippen molar-refractivity contribution >= 4 is 5.97 Å². The van der Waals surface area contributed by atoms with Crippen LogP contribution in [0, 0.1) is 0 Å². The van der Waals surface area contributed by atoms with Gasteiger partial charge in [-0.2, -0.15) is 0 Å². The Kier molecular flexibility index (Phi) is 5.35. The molecule has 5 nitrogen and oxygen atoms in total. The van der Waals surface area contributed by atoms with E-state index in [4.69, 9.17) is 9.84 Å². The van der Waals surface area contributed by atoms with E-state index in [0.717, 1.165) is 31.5 Å². The van der Waals surface area contributed by atoms with Gasteiger partial charge >= 0.3 is 5.97 Å². The summed E-state index contributed by atoms with van der Waals surface area (Å²) in [6.45, 7) is 1.87. The highest BCUT2D eigenvalue weighted by Gasteiger charge is 2.23. The van der Waals surface area contributed by atoms with E-state index in [-0.39, 0.29) is 6.42 Å². The van der Waals surface area contributed by atoms with Crippen LogP contribution < -0.4 is 4.74 Å². The third-order valence-electron chi connectivity index (χ3n) is 3.83. The van der Waals surface area contributed by atoms with Crippen LogP contribution in [0.4, 0.5) is 0 Å². The lowest BCUT2D eigenvalue weighted by atomic mass is 9.97. The van der Waals surface area contributed by atoms with Crippen LogP contribution in [0.25, 0.3) is 0 Å². The fourth-order valence-corrected chi connectivity index (χ4v) is 2.74. The van der Waals surface area contributed by atoms with Crippen molar-refractivity contribution in [1.82, 2.24) is 9.88 Å². The van der Waals surface area contributed by atoms with Gasteiger partial charge in [-0.1, -0.05) is 12.5 Å². The molecule has 0 radical (unpaired) electrons. The third kappa shape index (κ3) is 4.20. The number of pyridine rings is 1. The molecule has 1 aliphatic rings. The highest BCUT2D eigenvalue weighted by molar-refractivity contribution is 5.66. The number of carbonyl (C=O) groups is 1. The Morgan fingerprint density at radius 1 is 1.50 bits per heavy atom. The van der Waals surface area contributed by atoms with Gasteiger partial charge in [0.2, 0.25) is 5.88 Å². The Labute approximate surface area is 119 Å². The number of hydrogen-bond acceptors (Lipinski definition) is 4. The molecular formula is C15H22N2O3. The van der Waals surface area contributed by atoms with Crippen LogP contribution in [0.5, 0.6) is 5.88 Å². The van der Waals surface area contributed by atoms with Gasteiger partial charge in [-0.05, 0) is 31.4 Å². The zero-order valence-corrected chi connectivity index (χ0v) is 11.9. The fraction of sp³-hybridized carbons (Fsp3) is 0.600. The van der Waals surface area contributed by atoms with Gasteiger partial charge in [0.25, 0.3) is 0 Å². The molecule has 0 saturated carbocycles. The average Bonchev–Trinajstić information content (AvgIpc) is 2.47. The minimum Gasteiger partial charge on any atom is -0.481 e. The Morgan fingerprint density at radius 2 is 2.35 bits per heavy atom. The summed E-state index contributed by atoms with van der Waals surface area (Å²) in [5, 5.41) is 8.84. The Bertz CT molecular complexity index is 433. The first kappa shape index (κ1) is 14.8. The molecule has 1 fully saturated rings. The maximum atomic E-state index is 10.7. The zero-order chi connectivity index (χ0) is 14.4. The van der Waals surface area contributed by atoms with Gasteiger partial charge in [-0.25, -0.2) is 4.98 Å². The second-order valence-electron chi connectivity index (χ2n) is 5.26. The van der Waals surface area contributed by atoms with Gasteiger partial charge in [-0.15, -0.1) is 0 Å². The number of rotatable bonds is 6. The molecule has 110 valence electrons. The second-order valence-corrected chi connectivity index (χ2v) is 5.26. The number of carboxylic acids is 1. The molecule has 2 heterocycles. The molecule has 0 amide bonds. The molecule has 0 aromatic carbocycles. The maximum absolute atomic E-state index is 10.7. The zero-order valence-electron chi connectivity index (χ0n) is 11.9. The lowest BCUT2D eigenvalue weighted by Crippen LogP contribution is -2.39. The first-order valence-electron chi connectivity index (χ1n) is 7.14. The van der Waals surface area contributed by atoms with Gasteiger partial charge in [-0.3, -0.25) is 9.69 Å². The molecule has 1 aromatic heterocycles. The van der Waals surface area contributed by atoms with Crippen LogP contribution in [0.1, 0.15) is 37.7 Å². The first-order chi connectivity index (χ1) is 9.69. The van der Waals surface area contributed by atoms with Crippen molar-refractivity contribution < 1.29 is 14.6 Å². The SMILES string of the molecule is COc1ccc(CN2CCCCC2CCC(=O)O)cn1. The van der Waals surface area contributed by atoms with E-state index in [2.05, 4.69) is 9.88 Å². The largest absolute Gasteiger partial charge is 0.481 e. The Balaban J connectivity index is 1.94. The summed E-state index contributed by atoms with van der Waals surface area (Å²) >= 11 is 0. The highest BCUT2D eigenvalue weighted by Crippen LogP contribution is 2.23. The second kappa shape index (κ2) is 7.24. The van der Waals surface area contributed by atoms with E-state index >= 15 is 0 Å². The van der Waals surface area contributed by atoms with E-state index < -0.39 is 5.97 Å². The number of methoxy groups -OCH3 is 1. The lowest BCUT2D eigenvalue weighted by Gasteiger charge is -2.35. The van der Waals surface area contributed by atoms with Gasteiger partial charge in [0.05, 0.1) is 7.11 Å². The van der Waals surface area contributed by atoms with Crippen LogP contribution in [-0.4, -0.2) is 40.7 Å². The number of aromatic nitrogens is 1. The van der Waals surface area contributed by atoms with Crippen molar-refractivity contribution in [3.63, 3.8) is 0 Å². The quantitative estimate of drug-likeness (QED) is 0.865. The maximum Gasteiger partial charge on any atom is 0.303 e. The molecule has 5 heteroatoms. The summed E-state index contributed by atoms with van der Waals surface area (Å²) in [6.07, 6.45) is 6.30. The number of nitrogens with zero attached hydrogens (tertiary/aromatic N) is 2. The molecule has 0 spiro atoms. The van der Waals surface area contributed by atoms with Gasteiger partial charge in [0.15, 0.2) is 0 Å². The molecule has 1 N–H and O–H groups in total. The molecule has 1 saturated heterocycles. The minimum atomic E-state index is -0.707. The van der Waals surface area contributed by atoms with Crippen LogP contribution in [-0.2, 0) is 11.3 Å². The van der Waals surface area contributed by atoms with Crippen LogP contribution in [0.15, 0.2) is 18.3 Å². The van der Waals surface area contributed by atoms with Gasteiger partial charge < -0.3 is 9.84 Å². The predicted molar refractivity (Wildman–Crippen MR) is 75.7 cm³/mol. The van der Waals surface area contributed by atoms with Crippen molar-refractivity contribution in [2.75, 3.05) is 13.7 Å². The lowest BCUT2D eigenvalue weighted by molar-refractivity contribution is -0.137. The number of ether oxygens (including phenoxy) is 1. The molecule has 0 bridgehead atoms. The normalized spacial score (nSPS) is 19.8. The van der Waals surface area contributed by atoms with Crippen LogP contribution in [0.2, 0.25) is 0 Å². The monoisotopic (exact) mass is 278 g/mol. The number of hydrogen-bond donors (Lipinski definition) is 1. The summed E-state index contributed by atoms with van der Waals surface area (Å²) in [5.74, 6) is -0.0866. The summed E-state index contributed by atoms with van der Waals surface area (Å²) < 4.78 is 5.06. The summed E-state index contributed by atoms with van der Waals surface area (Å²) in [4.78, 5) is 17.3. The number of carboxylic acid groups (broad SMARTS) is 1. The molecule has 2 rings (SSSR count). The van der Waals surface area contributed by atoms with E-state index in [9.17, 15) is 4.79 Å². The topological polar surface area (TPSA) is 62.7 Å². The molecule has 0 aliphatic carbocycles. The Morgan fingerprint density at radius 3 is 3.00 bits per heavy atom. The third-order valence-corrected chi connectivity index (χ3v) is 3.83. The van der Waals surface area contributed by atoms with Crippen molar-refractivity contribution in [2.45, 2.75) is 44.7 Å². The summed E-state index contributed by atoms with van der Waals surface area (Å²) in [5.41, 5.74) is 1.15. The molecule has 1 aromatic rings. The Hall–Kier alpha value is -1.62. The molecule has 20 heavy (non-hydrogen) atoms. The van der Waals surface area contributed by atoms with Gasteiger partial charge in [0.1, 0.15) is 0 Å². The summed E-state index contributed by atoms with van der Waals surface area (Å²) in [7, 11) is 1.61. The van der Waals surface area contributed by atoms with E-state index in [0.29, 0.717) is 11.9 Å². The average molecular weight is 278 g/mol. The predicted octanol–water partition coefficient (Wildman–Crippen LogP) is 2.31. The standard InChI is InChI=1S/C15H22N2O3/c1-20-14-7-5-12(10-16-14)11-17-9-3-2-4-13(17)6-8-15(18)19/h5,7,10,13H,2-4,6,8-9,11H2,1H3,(H,18,19). The van der Waals surface area contributed by atoms with Crippen LogP contribution >= 0.6 is 0 Å². The highest BCUT2D eigenvalue weighted by atomic mass is 16.5.